The van der Waals surface area contributed by atoms with Gasteiger partial charge in [-0.05, 0) is 37.6 Å². The summed E-state index contributed by atoms with van der Waals surface area (Å²) in [6.45, 7) is 5.34. The topological polar surface area (TPSA) is 56.6 Å². The fraction of sp³-hybridized carbons (Fsp3) is 0.500. The number of morpholine rings is 1. The molecule has 1 aromatic rings. The Kier molecular flexibility index (Phi) is 5.32. The van der Waals surface area contributed by atoms with Gasteiger partial charge in [-0.3, -0.25) is 9.69 Å². The van der Waals surface area contributed by atoms with Crippen LogP contribution in [0.15, 0.2) is 47.4 Å². The standard InChI is InChI=1S/C20H25N3O3/c24-20-17(19-15-16-5-1-2-6-18(16)26-19)7-8-21-23(20)10-4-3-9-22-11-13-25-14-12-22/h1-2,5-8,15-16,18H,3-4,9-14H2. The van der Waals surface area contributed by atoms with E-state index in [0.29, 0.717) is 17.9 Å². The van der Waals surface area contributed by atoms with Crippen molar-refractivity contribution in [3.05, 3.63) is 58.6 Å². The first-order valence-corrected chi connectivity index (χ1v) is 9.41. The molecule has 1 aliphatic carbocycles. The van der Waals surface area contributed by atoms with Crippen LogP contribution >= 0.6 is 0 Å². The number of hydrogen-bond acceptors (Lipinski definition) is 5. The SMILES string of the molecule is O=c1c(C2=CC3C=CC=CC3O2)ccnn1CCCCN1CCOCC1. The smallest absolute Gasteiger partial charge is 0.277 e. The van der Waals surface area contributed by atoms with Crippen molar-refractivity contribution < 1.29 is 9.47 Å². The Morgan fingerprint density at radius 3 is 2.77 bits per heavy atom. The highest BCUT2D eigenvalue weighted by atomic mass is 16.5. The number of rotatable bonds is 6. The monoisotopic (exact) mass is 355 g/mol. The fourth-order valence-electron chi connectivity index (χ4n) is 3.61. The molecule has 6 heteroatoms. The van der Waals surface area contributed by atoms with E-state index in [1.807, 2.05) is 24.3 Å². The first-order chi connectivity index (χ1) is 12.8. The quantitative estimate of drug-likeness (QED) is 0.729. The summed E-state index contributed by atoms with van der Waals surface area (Å²) in [7, 11) is 0. The fourth-order valence-corrected chi connectivity index (χ4v) is 3.61. The molecule has 6 nitrogen and oxygen atoms in total. The zero-order chi connectivity index (χ0) is 17.8. The minimum atomic E-state index is -0.0725. The van der Waals surface area contributed by atoms with E-state index in [0.717, 1.165) is 45.7 Å². The van der Waals surface area contributed by atoms with Gasteiger partial charge in [0.15, 0.2) is 0 Å². The average Bonchev–Trinajstić information content (AvgIpc) is 3.11. The summed E-state index contributed by atoms with van der Waals surface area (Å²) in [5.41, 5.74) is 0.529. The molecule has 138 valence electrons. The Morgan fingerprint density at radius 1 is 1.12 bits per heavy atom. The predicted molar refractivity (Wildman–Crippen MR) is 99.6 cm³/mol. The van der Waals surface area contributed by atoms with Gasteiger partial charge in [-0.1, -0.05) is 18.2 Å². The molecular formula is C20H25N3O3. The number of fused-ring (bicyclic) bond motifs is 1. The highest BCUT2D eigenvalue weighted by Gasteiger charge is 2.28. The third-order valence-electron chi connectivity index (χ3n) is 5.11. The van der Waals surface area contributed by atoms with Gasteiger partial charge in [0.05, 0.1) is 18.8 Å². The Bertz CT molecular complexity index is 775. The maximum absolute atomic E-state index is 12.8. The molecule has 1 fully saturated rings. The molecule has 1 saturated heterocycles. The van der Waals surface area contributed by atoms with Crippen molar-refractivity contribution in [1.82, 2.24) is 14.7 Å². The molecule has 3 heterocycles. The van der Waals surface area contributed by atoms with Gasteiger partial charge in [0.2, 0.25) is 0 Å². The van der Waals surface area contributed by atoms with Crippen molar-refractivity contribution in [2.75, 3.05) is 32.8 Å². The first kappa shape index (κ1) is 17.2. The number of nitrogens with zero attached hydrogens (tertiary/aromatic N) is 3. The lowest BCUT2D eigenvalue weighted by molar-refractivity contribution is 0.0370. The lowest BCUT2D eigenvalue weighted by Crippen LogP contribution is -2.37. The molecule has 0 radical (unpaired) electrons. The lowest BCUT2D eigenvalue weighted by Gasteiger charge is -2.26. The van der Waals surface area contributed by atoms with Crippen LogP contribution in [0.3, 0.4) is 0 Å². The van der Waals surface area contributed by atoms with Crippen LogP contribution in [-0.2, 0) is 16.0 Å². The highest BCUT2D eigenvalue weighted by molar-refractivity contribution is 5.62. The van der Waals surface area contributed by atoms with Crippen LogP contribution in [0.4, 0.5) is 0 Å². The molecule has 1 aromatic heterocycles. The second-order valence-electron chi connectivity index (χ2n) is 6.89. The van der Waals surface area contributed by atoms with E-state index in [2.05, 4.69) is 16.1 Å². The number of aryl methyl sites for hydroxylation is 1. The third-order valence-corrected chi connectivity index (χ3v) is 5.11. The molecule has 26 heavy (non-hydrogen) atoms. The first-order valence-electron chi connectivity index (χ1n) is 9.41. The average molecular weight is 355 g/mol. The molecular weight excluding hydrogens is 330 g/mol. The van der Waals surface area contributed by atoms with Crippen molar-refractivity contribution in [1.29, 1.82) is 0 Å². The van der Waals surface area contributed by atoms with Gasteiger partial charge in [-0.2, -0.15) is 5.10 Å². The van der Waals surface area contributed by atoms with Crippen molar-refractivity contribution >= 4 is 5.76 Å². The molecule has 2 aliphatic heterocycles. The summed E-state index contributed by atoms with van der Waals surface area (Å²) < 4.78 is 12.9. The minimum Gasteiger partial charge on any atom is -0.485 e. The van der Waals surface area contributed by atoms with Crippen LogP contribution in [0.1, 0.15) is 18.4 Å². The van der Waals surface area contributed by atoms with Gasteiger partial charge in [0, 0.05) is 31.7 Å². The summed E-state index contributed by atoms with van der Waals surface area (Å²) in [5.74, 6) is 0.884. The summed E-state index contributed by atoms with van der Waals surface area (Å²) >= 11 is 0. The van der Waals surface area contributed by atoms with E-state index in [1.165, 1.54) is 0 Å². The second kappa shape index (κ2) is 8.01. The van der Waals surface area contributed by atoms with E-state index >= 15 is 0 Å². The summed E-state index contributed by atoms with van der Waals surface area (Å²) in [6.07, 6.45) is 13.8. The van der Waals surface area contributed by atoms with Gasteiger partial charge in [0.25, 0.3) is 5.56 Å². The van der Waals surface area contributed by atoms with Crippen LogP contribution in [-0.4, -0.2) is 53.6 Å². The van der Waals surface area contributed by atoms with Crippen LogP contribution in [0.5, 0.6) is 0 Å². The van der Waals surface area contributed by atoms with E-state index < -0.39 is 0 Å². The third kappa shape index (κ3) is 3.81. The molecule has 2 unspecified atom stereocenters. The largest absolute Gasteiger partial charge is 0.485 e. The molecule has 0 spiro atoms. The zero-order valence-electron chi connectivity index (χ0n) is 14.9. The van der Waals surface area contributed by atoms with E-state index in [1.54, 1.807) is 16.9 Å². The Hall–Kier alpha value is -2.18. The van der Waals surface area contributed by atoms with Crippen molar-refractivity contribution in [2.45, 2.75) is 25.5 Å². The van der Waals surface area contributed by atoms with Gasteiger partial charge in [0.1, 0.15) is 11.9 Å². The number of ether oxygens (including phenoxy) is 2. The van der Waals surface area contributed by atoms with E-state index in [-0.39, 0.29) is 17.6 Å². The molecule has 0 saturated carbocycles. The summed E-state index contributed by atoms with van der Waals surface area (Å²) in [4.78, 5) is 15.2. The molecule has 0 aromatic carbocycles. The molecule has 0 N–H and O–H groups in total. The Balaban J connectivity index is 1.36. The van der Waals surface area contributed by atoms with E-state index in [4.69, 9.17) is 9.47 Å². The van der Waals surface area contributed by atoms with Crippen LogP contribution in [0.25, 0.3) is 5.76 Å². The maximum Gasteiger partial charge on any atom is 0.277 e. The van der Waals surface area contributed by atoms with Crippen molar-refractivity contribution in [2.24, 2.45) is 5.92 Å². The Labute approximate surface area is 153 Å². The lowest BCUT2D eigenvalue weighted by atomic mass is 9.99. The number of allylic oxidation sites excluding steroid dienone is 2. The molecule has 4 rings (SSSR count). The second-order valence-corrected chi connectivity index (χ2v) is 6.89. The summed E-state index contributed by atoms with van der Waals surface area (Å²) in [5, 5.41) is 4.25. The van der Waals surface area contributed by atoms with Gasteiger partial charge in [-0.15, -0.1) is 0 Å². The van der Waals surface area contributed by atoms with E-state index in [9.17, 15) is 4.79 Å². The van der Waals surface area contributed by atoms with Crippen molar-refractivity contribution in [3.63, 3.8) is 0 Å². The highest BCUT2D eigenvalue weighted by Crippen LogP contribution is 2.32. The zero-order valence-corrected chi connectivity index (χ0v) is 14.9. The van der Waals surface area contributed by atoms with Crippen LogP contribution in [0.2, 0.25) is 0 Å². The molecule has 3 aliphatic rings. The number of aromatic nitrogens is 2. The Morgan fingerprint density at radius 2 is 1.92 bits per heavy atom. The maximum atomic E-state index is 12.8. The van der Waals surface area contributed by atoms with Gasteiger partial charge in [-0.25, -0.2) is 4.68 Å². The van der Waals surface area contributed by atoms with Crippen LogP contribution in [0, 0.1) is 5.92 Å². The minimum absolute atomic E-state index is 0.00420. The number of unbranched alkanes of at least 4 members (excludes halogenated alkanes) is 1. The molecule has 2 atom stereocenters. The number of hydrogen-bond donors (Lipinski definition) is 0. The molecule has 0 bridgehead atoms. The van der Waals surface area contributed by atoms with Gasteiger partial charge < -0.3 is 9.47 Å². The molecule has 0 amide bonds. The van der Waals surface area contributed by atoms with Crippen LogP contribution < -0.4 is 5.56 Å². The van der Waals surface area contributed by atoms with Crippen molar-refractivity contribution in [3.8, 4) is 0 Å². The predicted octanol–water partition coefficient (Wildman–Crippen LogP) is 1.84. The normalized spacial score (nSPS) is 25.0. The summed E-state index contributed by atoms with van der Waals surface area (Å²) in [6, 6.07) is 1.75. The van der Waals surface area contributed by atoms with Gasteiger partial charge >= 0.3 is 0 Å².